The quantitative estimate of drug-likeness (QED) is 0.805. The molecule has 2 rings (SSSR count). The van der Waals surface area contributed by atoms with Gasteiger partial charge >= 0.3 is 0 Å². The van der Waals surface area contributed by atoms with E-state index in [1.165, 1.54) is 6.07 Å². The third-order valence-electron chi connectivity index (χ3n) is 3.29. The summed E-state index contributed by atoms with van der Waals surface area (Å²) >= 11 is 0. The number of morpholine rings is 1. The van der Waals surface area contributed by atoms with Gasteiger partial charge in [0.05, 0.1) is 24.3 Å². The molecule has 18 heavy (non-hydrogen) atoms. The number of hydrogen-bond acceptors (Lipinski definition) is 3. The smallest absolute Gasteiger partial charge is 0.129 e. The van der Waals surface area contributed by atoms with E-state index in [9.17, 15) is 4.39 Å². The Morgan fingerprint density at radius 2 is 2.28 bits per heavy atom. The normalized spacial score (nSPS) is 24.8. The van der Waals surface area contributed by atoms with Crippen LogP contribution in [0.5, 0.6) is 0 Å². The molecule has 1 fully saturated rings. The lowest BCUT2D eigenvalue weighted by Crippen LogP contribution is -2.46. The lowest BCUT2D eigenvalue weighted by molar-refractivity contribution is -0.0529. The molecule has 1 saturated heterocycles. The fourth-order valence-corrected chi connectivity index (χ4v) is 2.16. The molecule has 0 saturated carbocycles. The van der Waals surface area contributed by atoms with Gasteiger partial charge in [-0.25, -0.2) is 4.39 Å². The zero-order chi connectivity index (χ0) is 13.1. The lowest BCUT2D eigenvalue weighted by Gasteiger charge is -2.36. The van der Waals surface area contributed by atoms with E-state index in [2.05, 4.69) is 11.8 Å². The molecule has 0 spiro atoms. The van der Waals surface area contributed by atoms with E-state index in [4.69, 9.17) is 10.00 Å². The van der Waals surface area contributed by atoms with E-state index < -0.39 is 0 Å². The molecular weight excluding hydrogens is 231 g/mol. The van der Waals surface area contributed by atoms with E-state index in [0.717, 1.165) is 6.54 Å². The van der Waals surface area contributed by atoms with Crippen LogP contribution < -0.4 is 0 Å². The molecule has 4 heteroatoms. The average molecular weight is 248 g/mol. The summed E-state index contributed by atoms with van der Waals surface area (Å²) in [5, 5.41) is 8.71. The third-order valence-corrected chi connectivity index (χ3v) is 3.29. The molecule has 2 unspecified atom stereocenters. The predicted molar refractivity (Wildman–Crippen MR) is 66.4 cm³/mol. The first-order valence-corrected chi connectivity index (χ1v) is 6.14. The van der Waals surface area contributed by atoms with Gasteiger partial charge in [0.1, 0.15) is 5.82 Å². The SMILES string of the molecule is CC1CN(Cc2ccc(C#N)cc2F)C(C)CO1. The van der Waals surface area contributed by atoms with Gasteiger partial charge in [-0.05, 0) is 26.0 Å². The highest BCUT2D eigenvalue weighted by Crippen LogP contribution is 2.18. The summed E-state index contributed by atoms with van der Waals surface area (Å²) in [7, 11) is 0. The largest absolute Gasteiger partial charge is 0.376 e. The molecule has 0 amide bonds. The molecule has 96 valence electrons. The molecule has 1 aromatic carbocycles. The first-order valence-electron chi connectivity index (χ1n) is 6.14. The molecule has 0 bridgehead atoms. The van der Waals surface area contributed by atoms with Crippen LogP contribution in [0.4, 0.5) is 4.39 Å². The van der Waals surface area contributed by atoms with Gasteiger partial charge in [-0.15, -0.1) is 0 Å². The van der Waals surface area contributed by atoms with Crippen LogP contribution in [0.25, 0.3) is 0 Å². The highest BCUT2D eigenvalue weighted by atomic mass is 19.1. The van der Waals surface area contributed by atoms with Crippen LogP contribution in [0.15, 0.2) is 18.2 Å². The molecule has 1 heterocycles. The second-order valence-electron chi connectivity index (χ2n) is 4.84. The number of rotatable bonds is 2. The Bertz CT molecular complexity index is 469. The summed E-state index contributed by atoms with van der Waals surface area (Å²) in [6.45, 7) is 6.15. The van der Waals surface area contributed by atoms with Crippen molar-refractivity contribution in [2.24, 2.45) is 0 Å². The Morgan fingerprint density at radius 3 is 2.94 bits per heavy atom. The number of halogens is 1. The second-order valence-corrected chi connectivity index (χ2v) is 4.84. The summed E-state index contributed by atoms with van der Waals surface area (Å²) < 4.78 is 19.4. The summed E-state index contributed by atoms with van der Waals surface area (Å²) in [4.78, 5) is 2.21. The summed E-state index contributed by atoms with van der Waals surface area (Å²) in [5.41, 5.74) is 0.995. The Balaban J connectivity index is 2.11. The Morgan fingerprint density at radius 1 is 1.50 bits per heavy atom. The van der Waals surface area contributed by atoms with Crippen LogP contribution in [0.3, 0.4) is 0 Å². The van der Waals surface area contributed by atoms with Gasteiger partial charge < -0.3 is 4.74 Å². The molecule has 0 N–H and O–H groups in total. The van der Waals surface area contributed by atoms with Gasteiger partial charge in [0, 0.05) is 24.7 Å². The van der Waals surface area contributed by atoms with Crippen molar-refractivity contribution in [1.82, 2.24) is 4.90 Å². The maximum Gasteiger partial charge on any atom is 0.129 e. The van der Waals surface area contributed by atoms with Gasteiger partial charge in [0.25, 0.3) is 0 Å². The fourth-order valence-electron chi connectivity index (χ4n) is 2.16. The van der Waals surface area contributed by atoms with Crippen molar-refractivity contribution in [3.63, 3.8) is 0 Å². The van der Waals surface area contributed by atoms with Crippen molar-refractivity contribution in [2.45, 2.75) is 32.5 Å². The number of nitriles is 1. The Kier molecular flexibility index (Phi) is 3.95. The van der Waals surface area contributed by atoms with Crippen LogP contribution in [0.1, 0.15) is 25.0 Å². The van der Waals surface area contributed by atoms with Gasteiger partial charge in [-0.3, -0.25) is 4.90 Å². The van der Waals surface area contributed by atoms with E-state index in [1.807, 2.05) is 13.0 Å². The zero-order valence-corrected chi connectivity index (χ0v) is 10.7. The van der Waals surface area contributed by atoms with Gasteiger partial charge in [0.2, 0.25) is 0 Å². The van der Waals surface area contributed by atoms with Gasteiger partial charge in [-0.2, -0.15) is 5.26 Å². The molecule has 0 aliphatic carbocycles. The van der Waals surface area contributed by atoms with Gasteiger partial charge in [-0.1, -0.05) is 6.07 Å². The molecule has 1 aliphatic heterocycles. The van der Waals surface area contributed by atoms with E-state index in [0.29, 0.717) is 24.3 Å². The maximum atomic E-state index is 13.8. The molecule has 1 aromatic rings. The van der Waals surface area contributed by atoms with Crippen molar-refractivity contribution in [3.05, 3.63) is 35.1 Å². The van der Waals surface area contributed by atoms with Crippen LogP contribution in [0, 0.1) is 17.1 Å². The van der Waals surface area contributed by atoms with Crippen molar-refractivity contribution in [2.75, 3.05) is 13.2 Å². The minimum Gasteiger partial charge on any atom is -0.376 e. The topological polar surface area (TPSA) is 36.3 Å². The first-order chi connectivity index (χ1) is 8.60. The highest BCUT2D eigenvalue weighted by Gasteiger charge is 2.24. The Hall–Kier alpha value is -1.44. The molecule has 1 aliphatic rings. The monoisotopic (exact) mass is 248 g/mol. The maximum absolute atomic E-state index is 13.8. The zero-order valence-electron chi connectivity index (χ0n) is 10.7. The van der Waals surface area contributed by atoms with Crippen LogP contribution in [0.2, 0.25) is 0 Å². The van der Waals surface area contributed by atoms with Crippen molar-refractivity contribution in [3.8, 4) is 6.07 Å². The van der Waals surface area contributed by atoms with Crippen molar-refractivity contribution >= 4 is 0 Å². The fraction of sp³-hybridized carbons (Fsp3) is 0.500. The lowest BCUT2D eigenvalue weighted by atomic mass is 10.1. The number of nitrogens with zero attached hydrogens (tertiary/aromatic N) is 2. The summed E-state index contributed by atoms with van der Waals surface area (Å²) in [6, 6.07) is 6.88. The molecule has 3 nitrogen and oxygen atoms in total. The second kappa shape index (κ2) is 5.47. The number of ether oxygens (including phenoxy) is 1. The van der Waals surface area contributed by atoms with E-state index in [-0.39, 0.29) is 18.0 Å². The van der Waals surface area contributed by atoms with Crippen LogP contribution >= 0.6 is 0 Å². The van der Waals surface area contributed by atoms with Crippen LogP contribution in [-0.2, 0) is 11.3 Å². The summed E-state index contributed by atoms with van der Waals surface area (Å²) in [5.74, 6) is -0.305. The van der Waals surface area contributed by atoms with Crippen molar-refractivity contribution in [1.29, 1.82) is 5.26 Å². The third kappa shape index (κ3) is 2.87. The predicted octanol–water partition coefficient (Wildman–Crippen LogP) is 2.31. The number of hydrogen-bond donors (Lipinski definition) is 0. The van der Waals surface area contributed by atoms with E-state index in [1.54, 1.807) is 12.1 Å². The minimum absolute atomic E-state index is 0.183. The first kappa shape index (κ1) is 13.0. The molecule has 2 atom stereocenters. The standard InChI is InChI=1S/C14H17FN2O/c1-10-9-18-11(2)7-17(10)8-13-4-3-12(6-16)5-14(13)15/h3-5,10-11H,7-9H2,1-2H3. The molecule has 0 aromatic heterocycles. The molecule has 0 radical (unpaired) electrons. The minimum atomic E-state index is -0.305. The highest BCUT2D eigenvalue weighted by molar-refractivity contribution is 5.32. The van der Waals surface area contributed by atoms with E-state index >= 15 is 0 Å². The van der Waals surface area contributed by atoms with Gasteiger partial charge in [0.15, 0.2) is 0 Å². The summed E-state index contributed by atoms with van der Waals surface area (Å²) in [6.07, 6.45) is 0.183. The van der Waals surface area contributed by atoms with Crippen LogP contribution in [-0.4, -0.2) is 30.2 Å². The molecular formula is C14H17FN2O. The van der Waals surface area contributed by atoms with Crippen molar-refractivity contribution < 1.29 is 9.13 Å². The number of benzene rings is 1. The Labute approximate surface area is 107 Å². The average Bonchev–Trinajstić information content (AvgIpc) is 2.36.